The maximum absolute atomic E-state index is 11.9. The predicted octanol–water partition coefficient (Wildman–Crippen LogP) is 5.08. The highest BCUT2D eigenvalue weighted by Gasteiger charge is 2.18. The van der Waals surface area contributed by atoms with Crippen LogP contribution in [0.1, 0.15) is 25.0 Å². The molecule has 9 heteroatoms. The lowest BCUT2D eigenvalue weighted by Gasteiger charge is -2.21. The molecule has 0 unspecified atom stereocenters. The maximum Gasteiger partial charge on any atom is 0.262 e. The zero-order valence-corrected chi connectivity index (χ0v) is 22.1. The third-order valence-corrected chi connectivity index (χ3v) is 7.14. The van der Waals surface area contributed by atoms with Gasteiger partial charge in [0, 0.05) is 41.4 Å². The van der Waals surface area contributed by atoms with E-state index in [0.29, 0.717) is 28.3 Å². The first-order chi connectivity index (χ1) is 18.6. The molecule has 3 aromatic carbocycles. The number of nitrogens with one attached hydrogen (secondary N) is 1. The number of nitrogens with zero attached hydrogens (tertiary/aromatic N) is 4. The molecule has 2 heterocycles. The first-order valence-electron chi connectivity index (χ1n) is 12.5. The first-order valence-corrected chi connectivity index (χ1v) is 13.4. The summed E-state index contributed by atoms with van der Waals surface area (Å²) in [4.78, 5) is 19.6. The molecular weight excluding hydrogens is 498 g/mol. The Balaban J connectivity index is 1.54. The average Bonchev–Trinajstić information content (AvgIpc) is 3.35. The lowest BCUT2D eigenvalue weighted by atomic mass is 10.1. The third-order valence-electron chi connectivity index (χ3n) is 6.29. The fraction of sp³-hybridized carbons (Fsp3) is 0.207. The molecule has 0 spiro atoms. The zero-order valence-electron chi connectivity index (χ0n) is 21.3. The lowest BCUT2D eigenvalue weighted by Crippen LogP contribution is -2.25. The van der Waals surface area contributed by atoms with Gasteiger partial charge in [-0.3, -0.25) is 9.79 Å². The van der Waals surface area contributed by atoms with Crippen molar-refractivity contribution in [2.45, 2.75) is 20.4 Å². The Kier molecular flexibility index (Phi) is 7.55. The number of aromatic hydroxyl groups is 1. The molecule has 0 saturated carbocycles. The minimum atomic E-state index is -0.187. The fourth-order valence-electron chi connectivity index (χ4n) is 4.25. The molecule has 8 nitrogen and oxygen atoms in total. The number of ether oxygens (including phenoxy) is 1. The highest BCUT2D eigenvalue weighted by Crippen LogP contribution is 2.33. The van der Waals surface area contributed by atoms with Crippen molar-refractivity contribution in [3.05, 3.63) is 88.0 Å². The van der Waals surface area contributed by atoms with Gasteiger partial charge in [0.05, 0.1) is 24.1 Å². The minimum absolute atomic E-state index is 0.00810. The van der Waals surface area contributed by atoms with Gasteiger partial charge in [0.1, 0.15) is 11.5 Å². The van der Waals surface area contributed by atoms with E-state index >= 15 is 0 Å². The van der Waals surface area contributed by atoms with Crippen LogP contribution in [-0.4, -0.2) is 41.6 Å². The van der Waals surface area contributed by atoms with Crippen LogP contribution in [0.3, 0.4) is 0 Å². The second-order valence-corrected chi connectivity index (χ2v) is 9.56. The summed E-state index contributed by atoms with van der Waals surface area (Å²) < 4.78 is 7.28. The molecule has 0 radical (unpaired) electrons. The van der Waals surface area contributed by atoms with Gasteiger partial charge in [0.25, 0.3) is 5.91 Å². The van der Waals surface area contributed by atoms with Gasteiger partial charge in [-0.05, 0) is 49.7 Å². The number of fused-ring (bicyclic) bond motifs is 1. The Morgan fingerprint density at radius 1 is 1.11 bits per heavy atom. The molecule has 0 aliphatic carbocycles. The molecule has 1 aliphatic rings. The van der Waals surface area contributed by atoms with Crippen molar-refractivity contribution in [2.24, 2.45) is 10.1 Å². The van der Waals surface area contributed by atoms with E-state index in [0.717, 1.165) is 35.6 Å². The molecule has 0 saturated heterocycles. The summed E-state index contributed by atoms with van der Waals surface area (Å²) in [6.07, 6.45) is 1.64. The summed E-state index contributed by atoms with van der Waals surface area (Å²) >= 11 is 1.47. The number of benzene rings is 3. The molecule has 2 N–H and O–H groups in total. The van der Waals surface area contributed by atoms with Crippen LogP contribution in [0.4, 0.5) is 11.4 Å². The number of thiazole rings is 1. The Morgan fingerprint density at radius 2 is 1.92 bits per heavy atom. The monoisotopic (exact) mass is 527 g/mol. The molecule has 1 amide bonds. The second-order valence-electron chi connectivity index (χ2n) is 8.72. The van der Waals surface area contributed by atoms with Crippen LogP contribution in [0.2, 0.25) is 0 Å². The van der Waals surface area contributed by atoms with E-state index in [2.05, 4.69) is 24.1 Å². The van der Waals surface area contributed by atoms with E-state index in [1.165, 1.54) is 11.3 Å². The highest BCUT2D eigenvalue weighted by molar-refractivity contribution is 7.07. The number of amides is 1. The summed E-state index contributed by atoms with van der Waals surface area (Å²) in [6, 6.07) is 21.3. The largest absolute Gasteiger partial charge is 0.507 e. The SMILES string of the molecule is CCN(CC)c1ccc(C=Nn2c(-c3ccc4c(c3)NC(=O)CO4)csc2=NCc2ccccc2)c(O)c1. The van der Waals surface area contributed by atoms with Gasteiger partial charge in [0.2, 0.25) is 4.80 Å². The molecule has 5 rings (SSSR count). The Hall–Kier alpha value is -4.37. The van der Waals surface area contributed by atoms with E-state index < -0.39 is 0 Å². The van der Waals surface area contributed by atoms with Crippen LogP contribution in [0, 0.1) is 0 Å². The highest BCUT2D eigenvalue weighted by atomic mass is 32.1. The van der Waals surface area contributed by atoms with Crippen molar-refractivity contribution in [3.63, 3.8) is 0 Å². The van der Waals surface area contributed by atoms with Gasteiger partial charge in [-0.15, -0.1) is 11.3 Å². The number of aromatic nitrogens is 1. The first kappa shape index (κ1) is 25.3. The van der Waals surface area contributed by atoms with Crippen molar-refractivity contribution in [2.75, 3.05) is 29.9 Å². The summed E-state index contributed by atoms with van der Waals surface area (Å²) in [7, 11) is 0. The van der Waals surface area contributed by atoms with Crippen molar-refractivity contribution >= 4 is 34.8 Å². The summed E-state index contributed by atoms with van der Waals surface area (Å²) in [6.45, 7) is 6.40. The third kappa shape index (κ3) is 5.47. The van der Waals surface area contributed by atoms with Gasteiger partial charge in [-0.25, -0.2) is 4.68 Å². The van der Waals surface area contributed by atoms with Crippen LogP contribution in [0.15, 0.2) is 82.2 Å². The van der Waals surface area contributed by atoms with Crippen LogP contribution in [-0.2, 0) is 11.3 Å². The normalized spacial score (nSPS) is 13.3. The molecule has 0 fully saturated rings. The van der Waals surface area contributed by atoms with E-state index in [-0.39, 0.29) is 18.3 Å². The van der Waals surface area contributed by atoms with Gasteiger partial charge < -0.3 is 20.1 Å². The average molecular weight is 528 g/mol. The van der Waals surface area contributed by atoms with Gasteiger partial charge in [-0.1, -0.05) is 30.3 Å². The predicted molar refractivity (Wildman–Crippen MR) is 152 cm³/mol. The minimum Gasteiger partial charge on any atom is -0.507 e. The van der Waals surface area contributed by atoms with Crippen molar-refractivity contribution in [1.82, 2.24) is 4.68 Å². The fourth-order valence-corrected chi connectivity index (χ4v) is 5.09. The van der Waals surface area contributed by atoms with E-state index in [1.807, 2.05) is 66.0 Å². The van der Waals surface area contributed by atoms with Crippen LogP contribution in [0.25, 0.3) is 11.3 Å². The number of carbonyl (C=O) groups is 1. The number of anilines is 2. The molecule has 194 valence electrons. The van der Waals surface area contributed by atoms with E-state index in [4.69, 9.17) is 14.8 Å². The number of phenols is 1. The van der Waals surface area contributed by atoms with Crippen LogP contribution < -0.4 is 19.8 Å². The summed E-state index contributed by atoms with van der Waals surface area (Å²) in [5, 5.41) is 20.3. The number of rotatable bonds is 8. The maximum atomic E-state index is 11.9. The number of hydrogen-bond acceptors (Lipinski definition) is 7. The van der Waals surface area contributed by atoms with Gasteiger partial charge in [-0.2, -0.15) is 5.10 Å². The van der Waals surface area contributed by atoms with E-state index in [9.17, 15) is 9.90 Å². The Labute approximate surface area is 225 Å². The molecule has 1 aliphatic heterocycles. The molecule has 0 bridgehead atoms. The van der Waals surface area contributed by atoms with Gasteiger partial charge in [0.15, 0.2) is 6.61 Å². The summed E-state index contributed by atoms with van der Waals surface area (Å²) in [5.74, 6) is 0.603. The lowest BCUT2D eigenvalue weighted by molar-refractivity contribution is -0.118. The van der Waals surface area contributed by atoms with Gasteiger partial charge >= 0.3 is 0 Å². The quantitative estimate of drug-likeness (QED) is 0.313. The summed E-state index contributed by atoms with van der Waals surface area (Å²) in [5.41, 5.74) is 4.94. The second kappa shape index (κ2) is 11.4. The van der Waals surface area contributed by atoms with Crippen molar-refractivity contribution in [1.29, 1.82) is 0 Å². The molecule has 1 aromatic heterocycles. The topological polar surface area (TPSA) is 91.5 Å². The van der Waals surface area contributed by atoms with Crippen molar-refractivity contribution < 1.29 is 14.6 Å². The van der Waals surface area contributed by atoms with E-state index in [1.54, 1.807) is 17.0 Å². The Bertz CT molecular complexity index is 1540. The number of hydrogen-bond donors (Lipinski definition) is 2. The molecule has 0 atom stereocenters. The zero-order chi connectivity index (χ0) is 26.5. The number of phenolic OH excluding ortho intramolecular Hbond substituents is 1. The molecule has 38 heavy (non-hydrogen) atoms. The molecule has 4 aromatic rings. The smallest absolute Gasteiger partial charge is 0.262 e. The van der Waals surface area contributed by atoms with Crippen molar-refractivity contribution in [3.8, 4) is 22.8 Å². The Morgan fingerprint density at radius 3 is 2.68 bits per heavy atom. The van der Waals surface area contributed by atoms with Crippen LogP contribution >= 0.6 is 11.3 Å². The standard InChI is InChI=1S/C29H29N5O3S/c1-3-33(4-2)23-12-10-22(26(35)15-23)17-31-34-25(19-38-29(34)30-16-20-8-6-5-7-9-20)21-11-13-27-24(14-21)32-28(36)18-37-27/h5-15,17,19,35H,3-4,16,18H2,1-2H3,(H,32,36). The van der Waals surface area contributed by atoms with Crippen LogP contribution in [0.5, 0.6) is 11.5 Å². The molecular formula is C29H29N5O3S. The number of carbonyl (C=O) groups excluding carboxylic acids is 1.